The van der Waals surface area contributed by atoms with E-state index in [1.165, 1.54) is 23.5 Å². The first-order valence-corrected chi connectivity index (χ1v) is 12.6. The minimum absolute atomic E-state index is 0.121. The van der Waals surface area contributed by atoms with E-state index < -0.39 is 15.9 Å². The zero-order chi connectivity index (χ0) is 23.8. The van der Waals surface area contributed by atoms with Crippen molar-refractivity contribution in [3.8, 4) is 17.2 Å². The fraction of sp³-hybridized carbons (Fsp3) is 0.458. The first kappa shape index (κ1) is 24.9. The quantitative estimate of drug-likeness (QED) is 0.523. The normalized spacial score (nSPS) is 16.8. The van der Waals surface area contributed by atoms with Gasteiger partial charge in [-0.1, -0.05) is 13.3 Å². The highest BCUT2D eigenvalue weighted by molar-refractivity contribution is 7.89. The Morgan fingerprint density at radius 3 is 2.45 bits per heavy atom. The summed E-state index contributed by atoms with van der Waals surface area (Å²) in [4.78, 5) is 13.3. The molecule has 0 aliphatic carbocycles. The summed E-state index contributed by atoms with van der Waals surface area (Å²) in [5, 5.41) is 2.93. The lowest BCUT2D eigenvalue weighted by molar-refractivity contribution is -0.120. The Morgan fingerprint density at radius 2 is 1.79 bits per heavy atom. The number of sulfonamides is 1. The fourth-order valence-corrected chi connectivity index (χ4v) is 5.22. The number of hydrogen-bond donors (Lipinski definition) is 1. The van der Waals surface area contributed by atoms with Crippen molar-refractivity contribution in [1.82, 2.24) is 4.31 Å². The second-order valence-corrected chi connectivity index (χ2v) is 9.87. The summed E-state index contributed by atoms with van der Waals surface area (Å²) in [6, 6.07) is 11.5. The second kappa shape index (κ2) is 11.4. The van der Waals surface area contributed by atoms with Crippen LogP contribution in [0.3, 0.4) is 0 Å². The number of hydrogen-bond acceptors (Lipinski definition) is 6. The van der Waals surface area contributed by atoms with Gasteiger partial charge in [-0.05, 0) is 55.7 Å². The third-order valence-corrected chi connectivity index (χ3v) is 7.53. The van der Waals surface area contributed by atoms with Crippen LogP contribution in [0.25, 0.3) is 0 Å². The Kier molecular flexibility index (Phi) is 8.57. The minimum Gasteiger partial charge on any atom is -0.497 e. The number of carbonyl (C=O) groups is 1. The zero-order valence-corrected chi connectivity index (χ0v) is 20.2. The van der Waals surface area contributed by atoms with Gasteiger partial charge in [0.15, 0.2) is 0 Å². The highest BCUT2D eigenvalue weighted by Gasteiger charge is 2.33. The number of amides is 1. The van der Waals surface area contributed by atoms with E-state index in [-0.39, 0.29) is 17.3 Å². The molecule has 3 rings (SSSR count). The maximum atomic E-state index is 13.1. The van der Waals surface area contributed by atoms with Gasteiger partial charge in [-0.15, -0.1) is 0 Å². The summed E-state index contributed by atoms with van der Waals surface area (Å²) >= 11 is 0. The predicted molar refractivity (Wildman–Crippen MR) is 127 cm³/mol. The molecular formula is C24H32N2O6S. The lowest BCUT2D eigenvalue weighted by atomic mass is 9.98. The van der Waals surface area contributed by atoms with Crippen molar-refractivity contribution >= 4 is 21.6 Å². The molecule has 1 heterocycles. The van der Waals surface area contributed by atoms with Gasteiger partial charge in [0, 0.05) is 19.2 Å². The van der Waals surface area contributed by atoms with E-state index in [0.29, 0.717) is 48.9 Å². The third-order valence-electron chi connectivity index (χ3n) is 5.65. The van der Waals surface area contributed by atoms with Crippen LogP contribution in [0.2, 0.25) is 0 Å². The number of rotatable bonds is 10. The van der Waals surface area contributed by atoms with Crippen LogP contribution in [0.4, 0.5) is 5.69 Å². The van der Waals surface area contributed by atoms with E-state index in [1.54, 1.807) is 37.4 Å². The SMILES string of the molecule is CCCCOc1ccc(OC)cc1NC(=O)C1CCCN(S(=O)(=O)c2ccc(OC)cc2)C1. The molecule has 1 fully saturated rings. The lowest BCUT2D eigenvalue weighted by Gasteiger charge is -2.31. The first-order valence-electron chi connectivity index (χ1n) is 11.1. The van der Waals surface area contributed by atoms with Gasteiger partial charge in [0.05, 0.1) is 37.3 Å². The standard InChI is InChI=1S/C24H32N2O6S/c1-4-5-15-32-23-13-10-20(31-3)16-22(23)25-24(27)18-7-6-14-26(17-18)33(28,29)21-11-8-19(30-2)9-12-21/h8-13,16,18H,4-7,14-15,17H2,1-3H3,(H,25,27). The van der Waals surface area contributed by atoms with Gasteiger partial charge in [0.1, 0.15) is 17.2 Å². The maximum absolute atomic E-state index is 13.1. The van der Waals surface area contributed by atoms with E-state index in [1.807, 2.05) is 0 Å². The molecule has 2 aromatic carbocycles. The van der Waals surface area contributed by atoms with Gasteiger partial charge in [-0.3, -0.25) is 4.79 Å². The highest BCUT2D eigenvalue weighted by atomic mass is 32.2. The number of piperidine rings is 1. The van der Waals surface area contributed by atoms with Crippen LogP contribution < -0.4 is 19.5 Å². The molecular weight excluding hydrogens is 444 g/mol. The van der Waals surface area contributed by atoms with Gasteiger partial charge >= 0.3 is 0 Å². The molecule has 1 N–H and O–H groups in total. The molecule has 1 saturated heterocycles. The number of carbonyl (C=O) groups excluding carboxylic acids is 1. The number of methoxy groups -OCH3 is 2. The topological polar surface area (TPSA) is 94.2 Å². The van der Waals surface area contributed by atoms with Crippen molar-refractivity contribution in [3.63, 3.8) is 0 Å². The van der Waals surface area contributed by atoms with Crippen LogP contribution >= 0.6 is 0 Å². The lowest BCUT2D eigenvalue weighted by Crippen LogP contribution is -2.43. The van der Waals surface area contributed by atoms with E-state index in [0.717, 1.165) is 12.8 Å². The molecule has 1 amide bonds. The molecule has 0 aromatic heterocycles. The number of unbranched alkanes of at least 4 members (excludes halogenated alkanes) is 1. The Hall–Kier alpha value is -2.78. The van der Waals surface area contributed by atoms with Crippen LogP contribution in [0.15, 0.2) is 47.4 Å². The van der Waals surface area contributed by atoms with Crippen LogP contribution in [0, 0.1) is 5.92 Å². The number of nitrogens with zero attached hydrogens (tertiary/aromatic N) is 1. The second-order valence-electron chi connectivity index (χ2n) is 7.93. The Morgan fingerprint density at radius 1 is 1.09 bits per heavy atom. The van der Waals surface area contributed by atoms with Crippen LogP contribution in [0.1, 0.15) is 32.6 Å². The zero-order valence-electron chi connectivity index (χ0n) is 19.4. The molecule has 1 aliphatic rings. The van der Waals surface area contributed by atoms with Gasteiger partial charge in [0.2, 0.25) is 15.9 Å². The molecule has 0 saturated carbocycles. The minimum atomic E-state index is -3.71. The molecule has 1 aliphatic heterocycles. The smallest absolute Gasteiger partial charge is 0.243 e. The summed E-state index contributed by atoms with van der Waals surface area (Å²) < 4.78 is 43.8. The van der Waals surface area contributed by atoms with Crippen molar-refractivity contribution in [2.45, 2.75) is 37.5 Å². The van der Waals surface area contributed by atoms with Gasteiger partial charge in [-0.25, -0.2) is 8.42 Å². The Bertz CT molecular complexity index is 1040. The van der Waals surface area contributed by atoms with Crippen LogP contribution in [-0.4, -0.2) is 52.5 Å². The van der Waals surface area contributed by atoms with Crippen molar-refractivity contribution in [2.75, 3.05) is 39.2 Å². The fourth-order valence-electron chi connectivity index (χ4n) is 3.69. The monoisotopic (exact) mass is 476 g/mol. The summed E-state index contributed by atoms with van der Waals surface area (Å²) in [6.45, 7) is 3.12. The van der Waals surface area contributed by atoms with Crippen molar-refractivity contribution < 1.29 is 27.4 Å². The van der Waals surface area contributed by atoms with Crippen molar-refractivity contribution in [2.24, 2.45) is 5.92 Å². The summed E-state index contributed by atoms with van der Waals surface area (Å²) in [7, 11) is -0.622. The molecule has 0 bridgehead atoms. The predicted octanol–water partition coefficient (Wildman–Crippen LogP) is 3.92. The van der Waals surface area contributed by atoms with Crippen LogP contribution in [-0.2, 0) is 14.8 Å². The van der Waals surface area contributed by atoms with Crippen molar-refractivity contribution in [1.29, 1.82) is 0 Å². The molecule has 0 spiro atoms. The van der Waals surface area contributed by atoms with E-state index in [4.69, 9.17) is 14.2 Å². The Labute approximate surface area is 195 Å². The first-order chi connectivity index (χ1) is 15.9. The number of benzene rings is 2. The molecule has 2 aromatic rings. The third kappa shape index (κ3) is 6.17. The highest BCUT2D eigenvalue weighted by Crippen LogP contribution is 2.31. The average molecular weight is 477 g/mol. The molecule has 9 heteroatoms. The number of anilines is 1. The Balaban J connectivity index is 1.73. The number of ether oxygens (including phenoxy) is 3. The summed E-state index contributed by atoms with van der Waals surface area (Å²) in [5.41, 5.74) is 0.519. The molecule has 33 heavy (non-hydrogen) atoms. The summed E-state index contributed by atoms with van der Waals surface area (Å²) in [5.74, 6) is 1.04. The van der Waals surface area contributed by atoms with E-state index in [2.05, 4.69) is 12.2 Å². The van der Waals surface area contributed by atoms with Crippen LogP contribution in [0.5, 0.6) is 17.2 Å². The molecule has 1 atom stereocenters. The largest absolute Gasteiger partial charge is 0.497 e. The van der Waals surface area contributed by atoms with Crippen molar-refractivity contribution in [3.05, 3.63) is 42.5 Å². The molecule has 8 nitrogen and oxygen atoms in total. The molecule has 1 unspecified atom stereocenters. The van der Waals surface area contributed by atoms with Gasteiger partial charge in [0.25, 0.3) is 0 Å². The maximum Gasteiger partial charge on any atom is 0.243 e. The van der Waals surface area contributed by atoms with E-state index in [9.17, 15) is 13.2 Å². The molecule has 0 radical (unpaired) electrons. The van der Waals surface area contributed by atoms with Gasteiger partial charge < -0.3 is 19.5 Å². The number of nitrogens with one attached hydrogen (secondary N) is 1. The molecule has 180 valence electrons. The average Bonchev–Trinajstić information content (AvgIpc) is 2.85. The van der Waals surface area contributed by atoms with E-state index >= 15 is 0 Å². The summed E-state index contributed by atoms with van der Waals surface area (Å²) in [6.07, 6.45) is 3.11. The van der Waals surface area contributed by atoms with Gasteiger partial charge in [-0.2, -0.15) is 4.31 Å².